The van der Waals surface area contributed by atoms with Crippen molar-refractivity contribution in [1.29, 1.82) is 0 Å². The highest BCUT2D eigenvalue weighted by Gasteiger charge is 2.15. The highest BCUT2D eigenvalue weighted by atomic mass is 32.1. The molecule has 4 nitrogen and oxygen atoms in total. The summed E-state index contributed by atoms with van der Waals surface area (Å²) in [7, 11) is 0. The van der Waals surface area contributed by atoms with Crippen molar-refractivity contribution < 1.29 is 14.6 Å². The van der Waals surface area contributed by atoms with E-state index in [1.54, 1.807) is 17.4 Å². The second-order valence-corrected chi connectivity index (χ2v) is 5.52. The van der Waals surface area contributed by atoms with Gasteiger partial charge in [0, 0.05) is 5.56 Å². The van der Waals surface area contributed by atoms with Crippen LogP contribution in [0.5, 0.6) is 5.75 Å². The zero-order valence-electron chi connectivity index (χ0n) is 11.3. The van der Waals surface area contributed by atoms with E-state index in [1.165, 1.54) is 6.92 Å². The number of aliphatic carboxylic acids is 1. The minimum Gasteiger partial charge on any atom is -0.479 e. The summed E-state index contributed by atoms with van der Waals surface area (Å²) in [5.74, 6) is -0.429. The van der Waals surface area contributed by atoms with Gasteiger partial charge in [0.05, 0.1) is 15.7 Å². The SMILES string of the molecule is CC(Oc1ccccc1-c1ccc2scnc2c1)C(=O)O. The van der Waals surface area contributed by atoms with Crippen molar-refractivity contribution in [2.24, 2.45) is 0 Å². The van der Waals surface area contributed by atoms with Gasteiger partial charge in [-0.25, -0.2) is 9.78 Å². The van der Waals surface area contributed by atoms with Crippen LogP contribution in [0, 0.1) is 0 Å². The molecule has 0 saturated carbocycles. The quantitative estimate of drug-likeness (QED) is 0.795. The van der Waals surface area contributed by atoms with Crippen LogP contribution < -0.4 is 4.74 Å². The van der Waals surface area contributed by atoms with E-state index in [0.717, 1.165) is 21.3 Å². The highest BCUT2D eigenvalue weighted by Crippen LogP contribution is 2.32. The van der Waals surface area contributed by atoms with Gasteiger partial charge in [-0.15, -0.1) is 11.3 Å². The Labute approximate surface area is 125 Å². The maximum atomic E-state index is 11.0. The van der Waals surface area contributed by atoms with Gasteiger partial charge >= 0.3 is 5.97 Å². The fourth-order valence-corrected chi connectivity index (χ4v) is 2.73. The fourth-order valence-electron chi connectivity index (χ4n) is 2.07. The third-order valence-electron chi connectivity index (χ3n) is 3.18. The van der Waals surface area contributed by atoms with Gasteiger partial charge in [0.2, 0.25) is 0 Å². The van der Waals surface area contributed by atoms with E-state index < -0.39 is 12.1 Å². The maximum absolute atomic E-state index is 11.0. The molecule has 0 aliphatic carbocycles. The van der Waals surface area contributed by atoms with Crippen LogP contribution in [0.2, 0.25) is 0 Å². The molecule has 1 N–H and O–H groups in total. The molecule has 1 unspecified atom stereocenters. The van der Waals surface area contributed by atoms with Crippen LogP contribution in [0.4, 0.5) is 0 Å². The molecule has 0 aliphatic heterocycles. The molecule has 21 heavy (non-hydrogen) atoms. The number of carboxylic acids is 1. The number of ether oxygens (including phenoxy) is 1. The first-order valence-electron chi connectivity index (χ1n) is 6.47. The summed E-state index contributed by atoms with van der Waals surface area (Å²) < 4.78 is 6.66. The molecule has 0 radical (unpaired) electrons. The molecule has 0 saturated heterocycles. The van der Waals surface area contributed by atoms with Crippen molar-refractivity contribution in [2.75, 3.05) is 0 Å². The number of hydrogen-bond donors (Lipinski definition) is 1. The van der Waals surface area contributed by atoms with Crippen molar-refractivity contribution >= 4 is 27.5 Å². The molecule has 1 atom stereocenters. The van der Waals surface area contributed by atoms with E-state index in [1.807, 2.05) is 41.9 Å². The second kappa shape index (κ2) is 5.54. The van der Waals surface area contributed by atoms with Gasteiger partial charge in [-0.3, -0.25) is 0 Å². The zero-order chi connectivity index (χ0) is 14.8. The Kier molecular flexibility index (Phi) is 3.58. The summed E-state index contributed by atoms with van der Waals surface area (Å²) in [6, 6.07) is 13.4. The Hall–Kier alpha value is -2.40. The molecule has 3 rings (SSSR count). The van der Waals surface area contributed by atoms with Crippen molar-refractivity contribution in [1.82, 2.24) is 4.98 Å². The van der Waals surface area contributed by atoms with E-state index in [2.05, 4.69) is 4.98 Å². The number of thiazole rings is 1. The summed E-state index contributed by atoms with van der Waals surface area (Å²) in [6.45, 7) is 1.52. The Bertz CT molecular complexity index is 797. The molecule has 3 aromatic rings. The van der Waals surface area contributed by atoms with Crippen LogP contribution in [0.3, 0.4) is 0 Å². The molecule has 2 aromatic carbocycles. The van der Waals surface area contributed by atoms with E-state index in [-0.39, 0.29) is 0 Å². The first kappa shape index (κ1) is 13.6. The van der Waals surface area contributed by atoms with Gasteiger partial charge < -0.3 is 9.84 Å². The lowest BCUT2D eigenvalue weighted by atomic mass is 10.0. The number of rotatable bonds is 4. The number of carboxylic acid groups (broad SMARTS) is 1. The third-order valence-corrected chi connectivity index (χ3v) is 3.99. The zero-order valence-corrected chi connectivity index (χ0v) is 12.1. The van der Waals surface area contributed by atoms with Gasteiger partial charge in [-0.1, -0.05) is 24.3 Å². The number of hydrogen-bond acceptors (Lipinski definition) is 4. The number of aromatic nitrogens is 1. The lowest BCUT2D eigenvalue weighted by Crippen LogP contribution is -2.23. The molecule has 5 heteroatoms. The third kappa shape index (κ3) is 2.73. The second-order valence-electron chi connectivity index (χ2n) is 4.63. The van der Waals surface area contributed by atoms with Crippen LogP contribution >= 0.6 is 11.3 Å². The summed E-state index contributed by atoms with van der Waals surface area (Å²) in [4.78, 5) is 15.3. The van der Waals surface area contributed by atoms with E-state index in [9.17, 15) is 4.79 Å². The lowest BCUT2D eigenvalue weighted by molar-refractivity contribution is -0.144. The first-order valence-corrected chi connectivity index (χ1v) is 7.35. The molecular weight excluding hydrogens is 286 g/mol. The summed E-state index contributed by atoms with van der Waals surface area (Å²) >= 11 is 1.59. The fraction of sp³-hybridized carbons (Fsp3) is 0.125. The number of para-hydroxylation sites is 1. The van der Waals surface area contributed by atoms with Crippen molar-refractivity contribution in [3.05, 3.63) is 48.0 Å². The minimum atomic E-state index is -0.986. The van der Waals surface area contributed by atoms with Gasteiger partial charge in [0.1, 0.15) is 5.75 Å². The van der Waals surface area contributed by atoms with E-state index in [0.29, 0.717) is 5.75 Å². The average Bonchev–Trinajstić information content (AvgIpc) is 2.95. The normalized spacial score (nSPS) is 12.2. The maximum Gasteiger partial charge on any atom is 0.344 e. The number of carbonyl (C=O) groups is 1. The standard InChI is InChI=1S/C16H13NO3S/c1-10(16(18)19)20-14-5-3-2-4-12(14)11-6-7-15-13(8-11)17-9-21-15/h2-10H,1H3,(H,18,19). The Morgan fingerprint density at radius 1 is 1.29 bits per heavy atom. The van der Waals surface area contributed by atoms with Gasteiger partial charge in [0.25, 0.3) is 0 Å². The molecular formula is C16H13NO3S. The topological polar surface area (TPSA) is 59.4 Å². The van der Waals surface area contributed by atoms with Crippen molar-refractivity contribution in [3.63, 3.8) is 0 Å². The van der Waals surface area contributed by atoms with E-state index >= 15 is 0 Å². The summed E-state index contributed by atoms with van der Waals surface area (Å²) in [6.07, 6.45) is -0.894. The molecule has 0 bridgehead atoms. The van der Waals surface area contributed by atoms with Gasteiger partial charge in [0.15, 0.2) is 6.10 Å². The molecule has 1 aromatic heterocycles. The van der Waals surface area contributed by atoms with Crippen molar-refractivity contribution in [2.45, 2.75) is 13.0 Å². The predicted octanol–water partition coefficient (Wildman–Crippen LogP) is 3.82. The van der Waals surface area contributed by atoms with Crippen LogP contribution in [0.15, 0.2) is 48.0 Å². The molecule has 0 amide bonds. The molecule has 0 aliphatic rings. The smallest absolute Gasteiger partial charge is 0.344 e. The summed E-state index contributed by atoms with van der Waals surface area (Å²) in [5.41, 5.74) is 4.56. The Morgan fingerprint density at radius 2 is 2.10 bits per heavy atom. The Balaban J connectivity index is 2.03. The highest BCUT2D eigenvalue weighted by molar-refractivity contribution is 7.16. The summed E-state index contributed by atoms with van der Waals surface area (Å²) in [5, 5.41) is 8.98. The largest absolute Gasteiger partial charge is 0.479 e. The molecule has 106 valence electrons. The van der Waals surface area contributed by atoms with Gasteiger partial charge in [-0.2, -0.15) is 0 Å². The molecule has 1 heterocycles. The predicted molar refractivity (Wildman–Crippen MR) is 82.8 cm³/mol. The van der Waals surface area contributed by atoms with Gasteiger partial charge in [-0.05, 0) is 30.7 Å². The lowest BCUT2D eigenvalue weighted by Gasteiger charge is -2.14. The van der Waals surface area contributed by atoms with Crippen LogP contribution in [-0.4, -0.2) is 22.2 Å². The van der Waals surface area contributed by atoms with Crippen LogP contribution in [0.25, 0.3) is 21.3 Å². The van der Waals surface area contributed by atoms with Crippen molar-refractivity contribution in [3.8, 4) is 16.9 Å². The number of fused-ring (bicyclic) bond motifs is 1. The van der Waals surface area contributed by atoms with Crippen LogP contribution in [-0.2, 0) is 4.79 Å². The number of nitrogens with zero attached hydrogens (tertiary/aromatic N) is 1. The first-order chi connectivity index (χ1) is 10.1. The van der Waals surface area contributed by atoms with E-state index in [4.69, 9.17) is 9.84 Å². The molecule has 0 fully saturated rings. The molecule has 0 spiro atoms. The van der Waals surface area contributed by atoms with Crippen LogP contribution in [0.1, 0.15) is 6.92 Å². The monoisotopic (exact) mass is 299 g/mol. The number of benzene rings is 2. The average molecular weight is 299 g/mol. The minimum absolute atomic E-state index is 0.557. The Morgan fingerprint density at radius 3 is 2.90 bits per heavy atom.